The number of ether oxygens (including phenoxy) is 1. The second-order valence-electron chi connectivity index (χ2n) is 3.32. The Hall–Kier alpha value is -0.960. The summed E-state index contributed by atoms with van der Waals surface area (Å²) in [7, 11) is 0. The molecule has 0 saturated carbocycles. The van der Waals surface area contributed by atoms with Crippen molar-refractivity contribution in [2.75, 3.05) is 0 Å². The van der Waals surface area contributed by atoms with Gasteiger partial charge in [0, 0.05) is 24.2 Å². The number of pyridine rings is 1. The summed E-state index contributed by atoms with van der Waals surface area (Å²) in [4.78, 5) is 4.11. The van der Waals surface area contributed by atoms with Gasteiger partial charge in [0.1, 0.15) is 5.75 Å². The van der Waals surface area contributed by atoms with Crippen molar-refractivity contribution in [1.29, 1.82) is 0 Å². The fourth-order valence-electron chi connectivity index (χ4n) is 1.21. The smallest absolute Gasteiger partial charge is 0.219 e. The Labute approximate surface area is 114 Å². The van der Waals surface area contributed by atoms with Crippen LogP contribution < -0.4 is 4.74 Å². The molecule has 0 unspecified atom stereocenters. The lowest BCUT2D eigenvalue weighted by Crippen LogP contribution is -1.88. The number of hydrogen-bond donors (Lipinski definition) is 0. The molecular formula is C12H8Cl3NO. The van der Waals surface area contributed by atoms with E-state index in [1.807, 2.05) is 6.07 Å². The van der Waals surface area contributed by atoms with Crippen LogP contribution in [0.5, 0.6) is 11.6 Å². The molecule has 1 aromatic carbocycles. The normalized spacial score (nSPS) is 10.3. The molecule has 0 atom stereocenters. The van der Waals surface area contributed by atoms with Gasteiger partial charge in [0.2, 0.25) is 5.88 Å². The van der Waals surface area contributed by atoms with E-state index in [4.69, 9.17) is 39.5 Å². The van der Waals surface area contributed by atoms with Crippen molar-refractivity contribution >= 4 is 34.8 Å². The summed E-state index contributed by atoms with van der Waals surface area (Å²) in [6, 6.07) is 8.64. The maximum absolute atomic E-state index is 5.88. The molecule has 17 heavy (non-hydrogen) atoms. The predicted octanol–water partition coefficient (Wildman–Crippen LogP) is 4.92. The van der Waals surface area contributed by atoms with Gasteiger partial charge >= 0.3 is 0 Å². The van der Waals surface area contributed by atoms with Gasteiger partial charge < -0.3 is 4.74 Å². The van der Waals surface area contributed by atoms with E-state index >= 15 is 0 Å². The third-order valence-electron chi connectivity index (χ3n) is 2.07. The zero-order valence-corrected chi connectivity index (χ0v) is 10.9. The van der Waals surface area contributed by atoms with Gasteiger partial charge in [-0.1, -0.05) is 29.3 Å². The van der Waals surface area contributed by atoms with Gasteiger partial charge in [0.15, 0.2) is 0 Å². The zero-order valence-electron chi connectivity index (χ0n) is 8.66. The van der Waals surface area contributed by atoms with Crippen LogP contribution in [-0.4, -0.2) is 4.98 Å². The number of hydrogen-bond acceptors (Lipinski definition) is 2. The number of alkyl halides is 1. The van der Waals surface area contributed by atoms with Crippen molar-refractivity contribution in [2.24, 2.45) is 0 Å². The highest BCUT2D eigenvalue weighted by atomic mass is 35.5. The number of rotatable bonds is 3. The highest BCUT2D eigenvalue weighted by molar-refractivity contribution is 6.42. The molecule has 0 aliphatic heterocycles. The molecule has 5 heteroatoms. The summed E-state index contributed by atoms with van der Waals surface area (Å²) in [5, 5.41) is 0.936. The Bertz CT molecular complexity index is 514. The first kappa shape index (κ1) is 12.5. The van der Waals surface area contributed by atoms with E-state index < -0.39 is 0 Å². The number of aromatic nitrogens is 1. The van der Waals surface area contributed by atoms with Crippen LogP contribution >= 0.6 is 34.8 Å². The molecule has 0 N–H and O–H groups in total. The molecule has 2 rings (SSSR count). The minimum Gasteiger partial charge on any atom is -0.439 e. The molecule has 2 nitrogen and oxygen atoms in total. The van der Waals surface area contributed by atoms with Crippen LogP contribution in [0, 0.1) is 0 Å². The Morgan fingerprint density at radius 2 is 1.88 bits per heavy atom. The monoisotopic (exact) mass is 287 g/mol. The van der Waals surface area contributed by atoms with Crippen LogP contribution in [0.1, 0.15) is 5.56 Å². The average Bonchev–Trinajstić information content (AvgIpc) is 2.35. The first-order valence-corrected chi connectivity index (χ1v) is 6.12. The highest BCUT2D eigenvalue weighted by Crippen LogP contribution is 2.28. The van der Waals surface area contributed by atoms with Gasteiger partial charge in [-0.25, -0.2) is 4.98 Å². The van der Waals surface area contributed by atoms with Crippen molar-refractivity contribution in [3.05, 3.63) is 52.1 Å². The Kier molecular flexibility index (Phi) is 4.11. The molecule has 0 saturated heterocycles. The van der Waals surface area contributed by atoms with Gasteiger partial charge in [-0.15, -0.1) is 11.6 Å². The van der Waals surface area contributed by atoms with E-state index in [0.717, 1.165) is 5.56 Å². The molecule has 1 aromatic heterocycles. The number of halogens is 3. The molecule has 88 valence electrons. The number of nitrogens with zero attached hydrogens (tertiary/aromatic N) is 1. The van der Waals surface area contributed by atoms with Crippen LogP contribution in [-0.2, 0) is 5.88 Å². The van der Waals surface area contributed by atoms with Gasteiger partial charge in [-0.3, -0.25) is 0 Å². The van der Waals surface area contributed by atoms with Crippen molar-refractivity contribution in [3.8, 4) is 11.6 Å². The van der Waals surface area contributed by atoms with Gasteiger partial charge in [-0.05, 0) is 17.7 Å². The topological polar surface area (TPSA) is 22.1 Å². The lowest BCUT2D eigenvalue weighted by molar-refractivity contribution is 0.462. The molecular weight excluding hydrogens is 280 g/mol. The Balaban J connectivity index is 2.16. The molecule has 0 bridgehead atoms. The molecule has 1 heterocycles. The van der Waals surface area contributed by atoms with Gasteiger partial charge in [0.05, 0.1) is 10.0 Å². The maximum atomic E-state index is 5.88. The largest absolute Gasteiger partial charge is 0.439 e. The van der Waals surface area contributed by atoms with Crippen LogP contribution in [0.25, 0.3) is 0 Å². The quantitative estimate of drug-likeness (QED) is 0.748. The van der Waals surface area contributed by atoms with Gasteiger partial charge in [0.25, 0.3) is 0 Å². The summed E-state index contributed by atoms with van der Waals surface area (Å²) in [6.07, 6.45) is 1.67. The predicted molar refractivity (Wildman–Crippen MR) is 70.3 cm³/mol. The molecule has 0 spiro atoms. The van der Waals surface area contributed by atoms with Crippen LogP contribution in [0.4, 0.5) is 0 Å². The molecule has 2 aromatic rings. The fraction of sp³-hybridized carbons (Fsp3) is 0.0833. The van der Waals surface area contributed by atoms with E-state index in [9.17, 15) is 0 Å². The van der Waals surface area contributed by atoms with Crippen molar-refractivity contribution in [1.82, 2.24) is 4.98 Å². The zero-order chi connectivity index (χ0) is 12.3. The molecule has 0 amide bonds. The first-order chi connectivity index (χ1) is 8.19. The minimum atomic E-state index is 0.431. The Morgan fingerprint density at radius 1 is 1.06 bits per heavy atom. The maximum Gasteiger partial charge on any atom is 0.219 e. The summed E-state index contributed by atoms with van der Waals surface area (Å²) in [5.74, 6) is 1.50. The van der Waals surface area contributed by atoms with Crippen molar-refractivity contribution in [3.63, 3.8) is 0 Å². The SMILES string of the molecule is ClCc1ccc(Oc2ccc(Cl)c(Cl)c2)nc1. The van der Waals surface area contributed by atoms with Crippen molar-refractivity contribution < 1.29 is 4.74 Å². The van der Waals surface area contributed by atoms with Crippen LogP contribution in [0.15, 0.2) is 36.5 Å². The van der Waals surface area contributed by atoms with Gasteiger partial charge in [-0.2, -0.15) is 0 Å². The molecule has 0 aliphatic rings. The average molecular weight is 289 g/mol. The van der Waals surface area contributed by atoms with E-state index in [1.54, 1.807) is 30.5 Å². The summed E-state index contributed by atoms with van der Waals surface area (Å²) < 4.78 is 5.52. The van der Waals surface area contributed by atoms with Crippen molar-refractivity contribution in [2.45, 2.75) is 5.88 Å². The van der Waals surface area contributed by atoms with Crippen LogP contribution in [0.3, 0.4) is 0 Å². The fourth-order valence-corrected chi connectivity index (χ4v) is 1.66. The minimum absolute atomic E-state index is 0.431. The summed E-state index contributed by atoms with van der Waals surface area (Å²) in [6.45, 7) is 0. The van der Waals surface area contributed by atoms with Crippen LogP contribution in [0.2, 0.25) is 10.0 Å². The van der Waals surface area contributed by atoms with E-state index in [-0.39, 0.29) is 0 Å². The molecule has 0 radical (unpaired) electrons. The summed E-state index contributed by atoms with van der Waals surface area (Å²) >= 11 is 17.3. The second kappa shape index (κ2) is 5.58. The molecule has 0 fully saturated rings. The lowest BCUT2D eigenvalue weighted by atomic mass is 10.3. The highest BCUT2D eigenvalue weighted by Gasteiger charge is 2.02. The third-order valence-corrected chi connectivity index (χ3v) is 3.11. The van der Waals surface area contributed by atoms with E-state index in [1.165, 1.54) is 0 Å². The Morgan fingerprint density at radius 3 is 2.47 bits per heavy atom. The molecule has 0 aliphatic carbocycles. The van der Waals surface area contributed by atoms with E-state index in [2.05, 4.69) is 4.98 Å². The second-order valence-corrected chi connectivity index (χ2v) is 4.40. The first-order valence-electron chi connectivity index (χ1n) is 4.83. The summed E-state index contributed by atoms with van der Waals surface area (Å²) in [5.41, 5.74) is 0.938. The van der Waals surface area contributed by atoms with E-state index in [0.29, 0.717) is 27.6 Å². The lowest BCUT2D eigenvalue weighted by Gasteiger charge is -2.05. The standard InChI is InChI=1S/C12H8Cl3NO/c13-6-8-1-4-12(16-7-8)17-9-2-3-10(14)11(15)5-9/h1-5,7H,6H2. The third kappa shape index (κ3) is 3.25. The number of benzene rings is 1.